The molecule has 1 aliphatic rings. The van der Waals surface area contributed by atoms with Crippen molar-refractivity contribution in [3.63, 3.8) is 0 Å². The fourth-order valence-electron chi connectivity index (χ4n) is 3.45. The number of hydrogen-bond donors (Lipinski definition) is 2. The molecule has 0 atom stereocenters. The number of aliphatic hydroxyl groups is 1. The van der Waals surface area contributed by atoms with Crippen LogP contribution in [0.25, 0.3) is 11.3 Å². The summed E-state index contributed by atoms with van der Waals surface area (Å²) in [7, 11) is 0. The van der Waals surface area contributed by atoms with Crippen LogP contribution in [0.15, 0.2) is 10.9 Å². The normalized spacial score (nSPS) is 16.6. The Kier molecular flexibility index (Phi) is 5.79. The van der Waals surface area contributed by atoms with Crippen molar-refractivity contribution in [2.75, 3.05) is 18.0 Å². The van der Waals surface area contributed by atoms with Gasteiger partial charge in [-0.3, -0.25) is 4.79 Å². The van der Waals surface area contributed by atoms with Gasteiger partial charge in [0.2, 0.25) is 5.56 Å². The molecule has 1 aliphatic heterocycles. The molecule has 2 N–H and O–H groups in total. The lowest BCUT2D eigenvalue weighted by atomic mass is 9.78. The van der Waals surface area contributed by atoms with Crippen molar-refractivity contribution >= 4 is 29.0 Å². The van der Waals surface area contributed by atoms with Gasteiger partial charge in [0.05, 0.1) is 23.0 Å². The van der Waals surface area contributed by atoms with Gasteiger partial charge in [-0.2, -0.15) is 0 Å². The lowest BCUT2D eigenvalue weighted by Crippen LogP contribution is -2.39. The maximum absolute atomic E-state index is 11.8. The van der Waals surface area contributed by atoms with Gasteiger partial charge in [0.1, 0.15) is 10.8 Å². The number of aliphatic hydroxyl groups excluding tert-OH is 1. The Morgan fingerprint density at radius 1 is 1.30 bits per heavy atom. The van der Waals surface area contributed by atoms with Gasteiger partial charge in [0, 0.05) is 24.7 Å². The molecule has 1 fully saturated rings. The van der Waals surface area contributed by atoms with E-state index in [9.17, 15) is 9.90 Å². The molecular formula is C19H24Cl2N4O2. The number of aromatic nitrogens is 3. The third-order valence-electron chi connectivity index (χ3n) is 5.59. The fourth-order valence-corrected chi connectivity index (χ4v) is 3.84. The van der Waals surface area contributed by atoms with Crippen LogP contribution in [-0.2, 0) is 6.61 Å². The molecule has 0 aliphatic carbocycles. The summed E-state index contributed by atoms with van der Waals surface area (Å²) in [5.41, 5.74) is 1.96. The van der Waals surface area contributed by atoms with Crippen molar-refractivity contribution in [3.05, 3.63) is 38.0 Å². The van der Waals surface area contributed by atoms with Gasteiger partial charge in [-0.05, 0) is 25.2 Å². The SMILES string of the molecule is CCC1(C)CCN(c2nc(C)c(-c3cc(=O)[nH]c(Cl)c3Cl)nc2CO)CC1. The summed E-state index contributed by atoms with van der Waals surface area (Å²) in [5, 5.41) is 10.2. The molecule has 0 bridgehead atoms. The second kappa shape index (κ2) is 7.78. The third kappa shape index (κ3) is 3.98. The Morgan fingerprint density at radius 3 is 2.56 bits per heavy atom. The van der Waals surface area contributed by atoms with Crippen LogP contribution in [-0.4, -0.2) is 33.1 Å². The molecule has 146 valence electrons. The summed E-state index contributed by atoms with van der Waals surface area (Å²) in [5.74, 6) is 0.698. The van der Waals surface area contributed by atoms with Gasteiger partial charge < -0.3 is 15.0 Å². The lowest BCUT2D eigenvalue weighted by Gasteiger charge is -2.40. The molecule has 0 radical (unpaired) electrons. The van der Waals surface area contributed by atoms with Gasteiger partial charge in [-0.25, -0.2) is 9.97 Å². The van der Waals surface area contributed by atoms with E-state index in [4.69, 9.17) is 28.2 Å². The van der Waals surface area contributed by atoms with E-state index in [1.54, 1.807) is 0 Å². The molecule has 0 spiro atoms. The highest BCUT2D eigenvalue weighted by atomic mass is 35.5. The van der Waals surface area contributed by atoms with Crippen molar-refractivity contribution in [1.82, 2.24) is 15.0 Å². The van der Waals surface area contributed by atoms with Crippen LogP contribution in [0.4, 0.5) is 5.82 Å². The Labute approximate surface area is 168 Å². The van der Waals surface area contributed by atoms with Crippen molar-refractivity contribution in [3.8, 4) is 11.3 Å². The first-order valence-corrected chi connectivity index (χ1v) is 9.85. The highest BCUT2D eigenvalue weighted by Gasteiger charge is 2.30. The van der Waals surface area contributed by atoms with Gasteiger partial charge in [-0.15, -0.1) is 0 Å². The number of pyridine rings is 1. The zero-order valence-electron chi connectivity index (χ0n) is 15.8. The summed E-state index contributed by atoms with van der Waals surface area (Å²) in [6.07, 6.45) is 3.30. The number of hydrogen-bond acceptors (Lipinski definition) is 5. The number of aromatic amines is 1. The minimum Gasteiger partial charge on any atom is -0.390 e. The predicted octanol–water partition coefficient (Wildman–Crippen LogP) is 3.96. The summed E-state index contributed by atoms with van der Waals surface area (Å²) in [6, 6.07) is 1.35. The Morgan fingerprint density at radius 2 is 1.96 bits per heavy atom. The fraction of sp³-hybridized carbons (Fsp3) is 0.526. The summed E-state index contributed by atoms with van der Waals surface area (Å²) >= 11 is 12.3. The van der Waals surface area contributed by atoms with Crippen molar-refractivity contribution in [2.45, 2.75) is 46.6 Å². The number of halogens is 2. The lowest BCUT2D eigenvalue weighted by molar-refractivity contribution is 0.236. The van der Waals surface area contributed by atoms with Crippen molar-refractivity contribution in [1.29, 1.82) is 0 Å². The molecular weight excluding hydrogens is 387 g/mol. The number of nitrogens with zero attached hydrogens (tertiary/aromatic N) is 3. The van der Waals surface area contributed by atoms with Crippen LogP contribution in [0.5, 0.6) is 0 Å². The molecule has 3 heterocycles. The molecule has 3 rings (SSSR count). The molecule has 0 aromatic carbocycles. The first kappa shape index (κ1) is 20.1. The number of nitrogens with one attached hydrogen (secondary N) is 1. The van der Waals surface area contributed by atoms with E-state index in [2.05, 4.69) is 28.7 Å². The quantitative estimate of drug-likeness (QED) is 0.745. The second-order valence-corrected chi connectivity index (χ2v) is 8.17. The molecule has 1 saturated heterocycles. The zero-order chi connectivity index (χ0) is 19.8. The molecule has 6 nitrogen and oxygen atoms in total. The number of piperidine rings is 1. The first-order valence-electron chi connectivity index (χ1n) is 9.10. The monoisotopic (exact) mass is 410 g/mol. The van der Waals surface area contributed by atoms with Crippen molar-refractivity contribution < 1.29 is 5.11 Å². The van der Waals surface area contributed by atoms with Gasteiger partial charge >= 0.3 is 0 Å². The third-order valence-corrected chi connectivity index (χ3v) is 6.36. The van der Waals surface area contributed by atoms with Crippen LogP contribution >= 0.6 is 23.2 Å². The molecule has 27 heavy (non-hydrogen) atoms. The van der Waals surface area contributed by atoms with E-state index in [1.807, 2.05) is 6.92 Å². The highest BCUT2D eigenvalue weighted by molar-refractivity contribution is 6.42. The summed E-state index contributed by atoms with van der Waals surface area (Å²) < 4.78 is 0. The smallest absolute Gasteiger partial charge is 0.249 e. The zero-order valence-corrected chi connectivity index (χ0v) is 17.3. The summed E-state index contributed by atoms with van der Waals surface area (Å²) in [4.78, 5) is 25.7. The van der Waals surface area contributed by atoms with E-state index >= 15 is 0 Å². The minimum atomic E-state index is -0.370. The molecule has 0 amide bonds. The Bertz CT molecular complexity index is 905. The van der Waals surface area contributed by atoms with Crippen LogP contribution in [0, 0.1) is 12.3 Å². The minimum absolute atomic E-state index is 0.0601. The molecule has 2 aromatic rings. The van der Waals surface area contributed by atoms with Crippen LogP contribution in [0.3, 0.4) is 0 Å². The van der Waals surface area contributed by atoms with Crippen LogP contribution in [0.1, 0.15) is 44.5 Å². The van der Waals surface area contributed by atoms with E-state index < -0.39 is 0 Å². The van der Waals surface area contributed by atoms with Gasteiger partial charge in [0.25, 0.3) is 0 Å². The van der Waals surface area contributed by atoms with Crippen LogP contribution in [0.2, 0.25) is 10.2 Å². The van der Waals surface area contributed by atoms with Crippen molar-refractivity contribution in [2.24, 2.45) is 5.41 Å². The van der Waals surface area contributed by atoms with Gasteiger partial charge in [0.15, 0.2) is 5.82 Å². The Hall–Kier alpha value is -1.63. The highest BCUT2D eigenvalue weighted by Crippen LogP contribution is 2.37. The predicted molar refractivity (Wildman–Crippen MR) is 109 cm³/mol. The summed E-state index contributed by atoms with van der Waals surface area (Å²) in [6.45, 7) is 7.87. The average Bonchev–Trinajstić information content (AvgIpc) is 2.65. The molecule has 2 aromatic heterocycles. The van der Waals surface area contributed by atoms with E-state index in [0.717, 1.165) is 32.4 Å². The number of rotatable bonds is 4. The standard InChI is InChI=1S/C19H24Cl2N4O2/c1-4-19(3)5-7-25(8-6-19)18-13(10-26)23-16(11(2)22-18)12-9-14(27)24-17(21)15(12)20/h9,26H,4-8,10H2,1-3H3,(H,24,27). The second-order valence-electron chi connectivity index (χ2n) is 7.41. The maximum atomic E-state index is 11.8. The van der Waals surface area contributed by atoms with E-state index in [1.165, 1.54) is 6.07 Å². The Balaban J connectivity index is 2.01. The topological polar surface area (TPSA) is 82.1 Å². The average molecular weight is 411 g/mol. The number of H-pyrrole nitrogens is 1. The van der Waals surface area contributed by atoms with Crippen LogP contribution < -0.4 is 10.5 Å². The first-order chi connectivity index (χ1) is 12.8. The number of anilines is 1. The van der Waals surface area contributed by atoms with E-state index in [-0.39, 0.29) is 22.3 Å². The molecule has 0 unspecified atom stereocenters. The molecule has 8 heteroatoms. The van der Waals surface area contributed by atoms with Gasteiger partial charge in [-0.1, -0.05) is 43.5 Å². The largest absolute Gasteiger partial charge is 0.390 e. The molecule has 0 saturated carbocycles. The van der Waals surface area contributed by atoms with E-state index in [0.29, 0.717) is 33.9 Å². The maximum Gasteiger partial charge on any atom is 0.249 e. The number of aryl methyl sites for hydroxylation is 1.